The molecule has 2 atom stereocenters. The highest BCUT2D eigenvalue weighted by Crippen LogP contribution is 2.19. The summed E-state index contributed by atoms with van der Waals surface area (Å²) >= 11 is 0. The van der Waals surface area contributed by atoms with E-state index in [1.165, 1.54) is 0 Å². The number of aliphatic imine (C=N–C) groups is 1. The topological polar surface area (TPSA) is 21.6 Å². The summed E-state index contributed by atoms with van der Waals surface area (Å²) in [5.41, 5.74) is 0. The van der Waals surface area contributed by atoms with E-state index in [2.05, 4.69) is 29.3 Å². The fourth-order valence-electron chi connectivity index (χ4n) is 1.58. The molecule has 0 bridgehead atoms. The fourth-order valence-corrected chi connectivity index (χ4v) is 1.58. The summed E-state index contributed by atoms with van der Waals surface area (Å²) < 4.78 is 5.39. The summed E-state index contributed by atoms with van der Waals surface area (Å²) in [5, 5.41) is 0. The van der Waals surface area contributed by atoms with Gasteiger partial charge in [-0.3, -0.25) is 4.99 Å². The van der Waals surface area contributed by atoms with Gasteiger partial charge in [-0.15, -0.1) is 0 Å². The second-order valence-electron chi connectivity index (χ2n) is 3.17. The Morgan fingerprint density at radius 2 is 2.17 bits per heavy atom. The molecule has 1 aliphatic heterocycles. The number of nitrogens with zero attached hydrogens (tertiary/aromatic N) is 1. The predicted octanol–water partition coefficient (Wildman–Crippen LogP) is 2.08. The van der Waals surface area contributed by atoms with Crippen LogP contribution in [-0.2, 0) is 4.74 Å². The van der Waals surface area contributed by atoms with E-state index in [1.807, 2.05) is 0 Å². The highest BCUT2D eigenvalue weighted by atomic mass is 16.5. The van der Waals surface area contributed by atoms with Gasteiger partial charge < -0.3 is 4.74 Å². The summed E-state index contributed by atoms with van der Waals surface area (Å²) in [4.78, 5) is 4.27. The summed E-state index contributed by atoms with van der Waals surface area (Å²) in [6.45, 7) is 0. The van der Waals surface area contributed by atoms with Crippen LogP contribution in [0.1, 0.15) is 19.3 Å². The van der Waals surface area contributed by atoms with Gasteiger partial charge in [-0.25, -0.2) is 0 Å². The Hall–Kier alpha value is -1.05. The standard InChI is InChI=1S/C10H13NO/c1-2-4-6-9-10(7-5-3-1)12-8-11-9/h1-4,8-10H,5-7H2/b3-1-,4-2-/t9-,10+/m1/s1. The third-order valence-electron chi connectivity index (χ3n) is 2.30. The van der Waals surface area contributed by atoms with E-state index >= 15 is 0 Å². The van der Waals surface area contributed by atoms with E-state index in [0.717, 1.165) is 19.3 Å². The number of hydrogen-bond donors (Lipinski definition) is 0. The van der Waals surface area contributed by atoms with Crippen LogP contribution in [0.2, 0.25) is 0 Å². The van der Waals surface area contributed by atoms with Crippen LogP contribution >= 0.6 is 0 Å². The largest absolute Gasteiger partial charge is 0.478 e. The number of hydrogen-bond acceptors (Lipinski definition) is 2. The fraction of sp³-hybridized carbons (Fsp3) is 0.500. The van der Waals surface area contributed by atoms with E-state index < -0.39 is 0 Å². The lowest BCUT2D eigenvalue weighted by Gasteiger charge is -2.13. The van der Waals surface area contributed by atoms with Gasteiger partial charge in [0.1, 0.15) is 6.10 Å². The van der Waals surface area contributed by atoms with Crippen molar-refractivity contribution in [3.63, 3.8) is 0 Å². The maximum Gasteiger partial charge on any atom is 0.170 e. The molecule has 2 aliphatic rings. The van der Waals surface area contributed by atoms with Crippen molar-refractivity contribution in [2.24, 2.45) is 4.99 Å². The van der Waals surface area contributed by atoms with E-state index in [0.29, 0.717) is 12.1 Å². The maximum atomic E-state index is 5.39. The minimum Gasteiger partial charge on any atom is -0.478 e. The van der Waals surface area contributed by atoms with Crippen molar-refractivity contribution in [2.45, 2.75) is 31.4 Å². The van der Waals surface area contributed by atoms with Crippen molar-refractivity contribution in [3.05, 3.63) is 24.3 Å². The highest BCUT2D eigenvalue weighted by molar-refractivity contribution is 5.50. The molecule has 1 heterocycles. The summed E-state index contributed by atoms with van der Waals surface area (Å²) in [5.74, 6) is 0. The molecule has 2 rings (SSSR count). The van der Waals surface area contributed by atoms with Crippen LogP contribution in [0.4, 0.5) is 0 Å². The van der Waals surface area contributed by atoms with Gasteiger partial charge in [0, 0.05) is 0 Å². The first-order valence-corrected chi connectivity index (χ1v) is 4.45. The van der Waals surface area contributed by atoms with Gasteiger partial charge in [0.25, 0.3) is 0 Å². The molecule has 0 saturated heterocycles. The molecule has 0 unspecified atom stereocenters. The molecule has 0 N–H and O–H groups in total. The number of ether oxygens (including phenoxy) is 1. The van der Waals surface area contributed by atoms with Gasteiger partial charge in [-0.05, 0) is 19.3 Å². The van der Waals surface area contributed by atoms with Crippen LogP contribution < -0.4 is 0 Å². The molecule has 1 aliphatic carbocycles. The smallest absolute Gasteiger partial charge is 0.170 e. The molecule has 0 amide bonds. The Morgan fingerprint density at radius 1 is 1.25 bits per heavy atom. The van der Waals surface area contributed by atoms with Gasteiger partial charge in [0.2, 0.25) is 0 Å². The van der Waals surface area contributed by atoms with Crippen molar-refractivity contribution in [1.82, 2.24) is 0 Å². The first-order valence-electron chi connectivity index (χ1n) is 4.45. The lowest BCUT2D eigenvalue weighted by Crippen LogP contribution is -2.20. The molecule has 2 nitrogen and oxygen atoms in total. The highest BCUT2D eigenvalue weighted by Gasteiger charge is 2.23. The molecule has 0 aromatic heterocycles. The van der Waals surface area contributed by atoms with Crippen LogP contribution in [0.5, 0.6) is 0 Å². The Morgan fingerprint density at radius 3 is 3.17 bits per heavy atom. The van der Waals surface area contributed by atoms with E-state index in [4.69, 9.17) is 4.74 Å². The average Bonchev–Trinajstić information content (AvgIpc) is 2.50. The molecule has 0 aromatic carbocycles. The molecule has 0 fully saturated rings. The van der Waals surface area contributed by atoms with Crippen LogP contribution in [0.25, 0.3) is 0 Å². The Kier molecular flexibility index (Phi) is 2.26. The summed E-state index contributed by atoms with van der Waals surface area (Å²) in [6, 6.07) is 0.362. The molecule has 64 valence electrons. The normalized spacial score (nSPS) is 38.7. The van der Waals surface area contributed by atoms with Gasteiger partial charge in [0.05, 0.1) is 6.04 Å². The molecule has 0 saturated carbocycles. The predicted molar refractivity (Wildman–Crippen MR) is 49.3 cm³/mol. The monoisotopic (exact) mass is 163 g/mol. The van der Waals surface area contributed by atoms with Crippen LogP contribution in [0.3, 0.4) is 0 Å². The zero-order valence-corrected chi connectivity index (χ0v) is 7.02. The summed E-state index contributed by atoms with van der Waals surface area (Å²) in [7, 11) is 0. The first-order chi connectivity index (χ1) is 5.97. The second kappa shape index (κ2) is 3.57. The number of rotatable bonds is 0. The van der Waals surface area contributed by atoms with Gasteiger partial charge >= 0.3 is 0 Å². The van der Waals surface area contributed by atoms with Crippen LogP contribution in [0.15, 0.2) is 29.3 Å². The van der Waals surface area contributed by atoms with E-state index in [1.54, 1.807) is 6.40 Å². The van der Waals surface area contributed by atoms with E-state index in [-0.39, 0.29) is 0 Å². The number of fused-ring (bicyclic) bond motifs is 1. The SMILES string of the molecule is C1=N[C@@H]2C/C=C\C=C/CC[C@@H]2O1. The number of allylic oxidation sites excluding steroid dienone is 3. The molecule has 0 radical (unpaired) electrons. The molecule has 0 aromatic rings. The maximum absolute atomic E-state index is 5.39. The second-order valence-corrected chi connectivity index (χ2v) is 3.17. The average molecular weight is 163 g/mol. The lowest BCUT2D eigenvalue weighted by molar-refractivity contribution is 0.190. The van der Waals surface area contributed by atoms with Gasteiger partial charge in [0.15, 0.2) is 6.40 Å². The first kappa shape index (κ1) is 7.59. The van der Waals surface area contributed by atoms with Crippen LogP contribution in [-0.4, -0.2) is 18.5 Å². The van der Waals surface area contributed by atoms with Crippen molar-refractivity contribution < 1.29 is 4.74 Å². The van der Waals surface area contributed by atoms with Crippen LogP contribution in [0, 0.1) is 0 Å². The van der Waals surface area contributed by atoms with Gasteiger partial charge in [-0.2, -0.15) is 0 Å². The Labute approximate surface area is 72.6 Å². The minimum atomic E-state index is 0.317. The zero-order chi connectivity index (χ0) is 8.23. The lowest BCUT2D eigenvalue weighted by atomic mass is 10.0. The Bertz CT molecular complexity index is 230. The van der Waals surface area contributed by atoms with Crippen molar-refractivity contribution in [2.75, 3.05) is 0 Å². The Balaban J connectivity index is 2.04. The molecule has 0 spiro atoms. The quantitative estimate of drug-likeness (QED) is 0.535. The minimum absolute atomic E-state index is 0.317. The van der Waals surface area contributed by atoms with Crippen molar-refractivity contribution >= 4 is 6.40 Å². The molecule has 2 heteroatoms. The zero-order valence-electron chi connectivity index (χ0n) is 7.02. The molecular formula is C10H13NO. The third-order valence-corrected chi connectivity index (χ3v) is 2.30. The summed E-state index contributed by atoms with van der Waals surface area (Å²) in [6.07, 6.45) is 13.6. The van der Waals surface area contributed by atoms with Crippen molar-refractivity contribution in [1.29, 1.82) is 0 Å². The van der Waals surface area contributed by atoms with Gasteiger partial charge in [-0.1, -0.05) is 24.3 Å². The molecule has 12 heavy (non-hydrogen) atoms. The third kappa shape index (κ3) is 1.58. The van der Waals surface area contributed by atoms with E-state index in [9.17, 15) is 0 Å². The van der Waals surface area contributed by atoms with Crippen molar-refractivity contribution in [3.8, 4) is 0 Å². The molecular weight excluding hydrogens is 150 g/mol.